The second-order valence-corrected chi connectivity index (χ2v) is 16.4. The molecule has 1 spiro atoms. The number of methoxy groups -OCH3 is 1. The largest absolute Gasteiger partial charge is 0.490 e. The molecule has 7 rings (SSSR count). The monoisotopic (exact) mass is 700 g/mol. The van der Waals surface area contributed by atoms with Crippen molar-refractivity contribution in [3.8, 4) is 5.75 Å². The number of amides is 1. The Hall–Kier alpha value is -3.98. The van der Waals surface area contributed by atoms with Gasteiger partial charge in [0, 0.05) is 36.2 Å². The van der Waals surface area contributed by atoms with E-state index in [9.17, 15) is 9.00 Å². The summed E-state index contributed by atoms with van der Waals surface area (Å²) in [7, 11) is -1.57. The van der Waals surface area contributed by atoms with Gasteiger partial charge >= 0.3 is 0 Å². The van der Waals surface area contributed by atoms with Crippen molar-refractivity contribution in [1.82, 2.24) is 9.97 Å². The van der Waals surface area contributed by atoms with Crippen molar-refractivity contribution in [1.29, 1.82) is 0 Å². The summed E-state index contributed by atoms with van der Waals surface area (Å²) < 4.78 is 34.4. The lowest BCUT2D eigenvalue weighted by atomic mass is 9.68. The summed E-state index contributed by atoms with van der Waals surface area (Å²) in [6, 6.07) is 11.7. The zero-order valence-electron chi connectivity index (χ0n) is 27.8. The van der Waals surface area contributed by atoms with Crippen LogP contribution in [0.1, 0.15) is 60.5 Å². The average Bonchev–Trinajstić information content (AvgIpc) is 3.22. The first kappa shape index (κ1) is 33.5. The Morgan fingerprint density at radius 3 is 2.82 bits per heavy atom. The average molecular weight is 701 g/mol. The number of carbonyl (C=O) groups is 1. The molecule has 1 saturated carbocycles. The molecule has 1 N–H and O–H groups in total. The van der Waals surface area contributed by atoms with Crippen molar-refractivity contribution in [3.63, 3.8) is 0 Å². The van der Waals surface area contributed by atoms with E-state index in [2.05, 4.69) is 53.1 Å². The van der Waals surface area contributed by atoms with Crippen molar-refractivity contribution in [2.45, 2.75) is 57.0 Å². The fourth-order valence-electron chi connectivity index (χ4n) is 7.96. The maximum absolute atomic E-state index is 14.5. The Bertz CT molecular complexity index is 1940. The number of allylic oxidation sites excluding steroid dienone is 1. The fraction of sp³-hybridized carbons (Fsp3) is 0.459. The van der Waals surface area contributed by atoms with Crippen LogP contribution in [-0.2, 0) is 26.5 Å². The molecule has 12 heteroatoms. The lowest BCUT2D eigenvalue weighted by Crippen LogP contribution is -2.49. The first-order valence-corrected chi connectivity index (χ1v) is 19.0. The van der Waals surface area contributed by atoms with E-state index in [1.54, 1.807) is 13.2 Å². The number of carbonyl (C=O) groups excluding carboxylic acids is 1. The van der Waals surface area contributed by atoms with Crippen molar-refractivity contribution in [2.24, 2.45) is 22.1 Å². The molecule has 4 aliphatic rings. The van der Waals surface area contributed by atoms with Gasteiger partial charge in [0.2, 0.25) is 0 Å². The van der Waals surface area contributed by atoms with E-state index in [1.165, 1.54) is 23.5 Å². The molecule has 3 aromatic rings. The summed E-state index contributed by atoms with van der Waals surface area (Å²) in [5.74, 6) is 1.21. The van der Waals surface area contributed by atoms with E-state index in [0.717, 1.165) is 61.7 Å². The number of anilines is 2. The standard InChI is InChI=1S/C37H41ClN6O4S/c1-24-6-4-8-32(47-3)29-12-9-27(29)20-44-22-37(15-5-7-25-16-28(38)11-13-30(25)37)23-48-33-14-10-26(17-31(33)44)36(45)43-49(46,21-24)42-35-19-40-34(39-2)18-41-35/h4,8,10-11,13-14,16-19,24,27,29,32H,5-7,9,12,15,20-23H2,1,3H3,(H,41,42,43,45,46)/b8-4+/t24-,27-,29+,32-,37-,49?/m0/s1. The van der Waals surface area contributed by atoms with E-state index in [4.69, 9.17) is 27.6 Å². The summed E-state index contributed by atoms with van der Waals surface area (Å²) in [5, 5.41) is 0.745. The fourth-order valence-corrected chi connectivity index (χ4v) is 10.1. The Balaban J connectivity index is 1.31. The lowest BCUT2D eigenvalue weighted by Gasteiger charge is -2.46. The van der Waals surface area contributed by atoms with Crippen molar-refractivity contribution in [3.05, 3.63) is 94.1 Å². The Morgan fingerprint density at radius 2 is 2.06 bits per heavy atom. The third-order valence-electron chi connectivity index (χ3n) is 10.5. The summed E-state index contributed by atoms with van der Waals surface area (Å²) >= 11 is 6.45. The quantitative estimate of drug-likeness (QED) is 0.224. The Kier molecular flexibility index (Phi) is 9.39. The molecule has 1 unspecified atom stereocenters. The summed E-state index contributed by atoms with van der Waals surface area (Å²) in [6.07, 6.45) is 12.7. The number of hydrogen-bond donors (Lipinski definition) is 1. The van der Waals surface area contributed by atoms with E-state index < -0.39 is 15.8 Å². The number of halogens is 1. The summed E-state index contributed by atoms with van der Waals surface area (Å²) in [5.41, 5.74) is 3.49. The predicted molar refractivity (Wildman–Crippen MR) is 192 cm³/mol. The molecule has 2 bridgehead atoms. The minimum Gasteiger partial charge on any atom is -0.490 e. The van der Waals surface area contributed by atoms with Gasteiger partial charge in [0.1, 0.15) is 15.7 Å². The maximum atomic E-state index is 14.5. The number of nitrogens with one attached hydrogen (secondary N) is 1. The molecule has 0 radical (unpaired) electrons. The number of fused-ring (bicyclic) bond motifs is 4. The molecule has 6 atom stereocenters. The smallest absolute Gasteiger partial charge is 0.288 e. The molecule has 256 valence electrons. The molecular weight excluding hydrogens is 660 g/mol. The molecule has 2 aromatic carbocycles. The highest BCUT2D eigenvalue weighted by Gasteiger charge is 2.44. The van der Waals surface area contributed by atoms with E-state index in [-0.39, 0.29) is 34.8 Å². The van der Waals surface area contributed by atoms with Gasteiger partial charge in [0.05, 0.1) is 30.3 Å². The SMILES string of the molecule is [C-]#[N+]c1cnc(NS2(=O)=NC(=O)c3ccc4c(c3)N(C[C@@H]3CC[C@H]3[C@@H](OC)/C=C/C[C@H](C)C2)C[C@@]2(CCCc3cc(Cl)ccc32)CO4)cn1. The molecular formula is C37H41ClN6O4S. The molecule has 0 saturated heterocycles. The van der Waals surface area contributed by atoms with Crippen molar-refractivity contribution in [2.75, 3.05) is 42.2 Å². The molecule has 2 aliphatic heterocycles. The lowest BCUT2D eigenvalue weighted by molar-refractivity contribution is 0.0131. The molecule has 1 fully saturated rings. The number of ether oxygens (including phenoxy) is 2. The minimum atomic E-state index is -3.34. The van der Waals surface area contributed by atoms with Crippen LogP contribution in [-0.4, -0.2) is 58.7 Å². The van der Waals surface area contributed by atoms with Gasteiger partial charge in [-0.05, 0) is 97.7 Å². The van der Waals surface area contributed by atoms with Gasteiger partial charge in [-0.3, -0.25) is 9.52 Å². The third kappa shape index (κ3) is 6.91. The highest BCUT2D eigenvalue weighted by Crippen LogP contribution is 2.47. The zero-order chi connectivity index (χ0) is 34.2. The van der Waals surface area contributed by atoms with Gasteiger partial charge in [0.15, 0.2) is 12.0 Å². The number of rotatable bonds is 3. The summed E-state index contributed by atoms with van der Waals surface area (Å²) in [4.78, 5) is 27.9. The van der Waals surface area contributed by atoms with Crippen LogP contribution in [0.15, 0.2) is 65.3 Å². The highest BCUT2D eigenvalue weighted by atomic mass is 35.5. The van der Waals surface area contributed by atoms with Crippen LogP contribution in [0.25, 0.3) is 4.85 Å². The molecule has 10 nitrogen and oxygen atoms in total. The van der Waals surface area contributed by atoms with Crippen molar-refractivity contribution < 1.29 is 18.5 Å². The zero-order valence-corrected chi connectivity index (χ0v) is 29.4. The number of benzene rings is 2. The molecule has 2 aliphatic carbocycles. The predicted octanol–water partition coefficient (Wildman–Crippen LogP) is 7.43. The Morgan fingerprint density at radius 1 is 1.18 bits per heavy atom. The van der Waals surface area contributed by atoms with E-state index in [1.807, 2.05) is 25.1 Å². The first-order valence-electron chi connectivity index (χ1n) is 16.9. The van der Waals surface area contributed by atoms with Gasteiger partial charge in [-0.25, -0.2) is 9.19 Å². The maximum Gasteiger partial charge on any atom is 0.288 e. The topological polar surface area (TPSA) is 110 Å². The van der Waals surface area contributed by atoms with Crippen LogP contribution < -0.4 is 14.4 Å². The van der Waals surface area contributed by atoms with Crippen LogP contribution >= 0.6 is 11.6 Å². The van der Waals surface area contributed by atoms with Gasteiger partial charge in [0.25, 0.3) is 11.7 Å². The molecule has 1 aromatic heterocycles. The second kappa shape index (κ2) is 13.7. The molecule has 3 heterocycles. The van der Waals surface area contributed by atoms with Crippen LogP contribution in [0.2, 0.25) is 5.02 Å². The van der Waals surface area contributed by atoms with Crippen molar-refractivity contribution >= 4 is 44.7 Å². The highest BCUT2D eigenvalue weighted by molar-refractivity contribution is 7.95. The number of nitrogens with zero attached hydrogens (tertiary/aromatic N) is 5. The molecule has 1 amide bonds. The van der Waals surface area contributed by atoms with Gasteiger partial charge in [-0.15, -0.1) is 9.35 Å². The van der Waals surface area contributed by atoms with Gasteiger partial charge < -0.3 is 19.2 Å². The number of hydrogen-bond acceptors (Lipinski definition) is 7. The second-order valence-electron chi connectivity index (χ2n) is 13.9. The van der Waals surface area contributed by atoms with Crippen LogP contribution in [0, 0.1) is 24.3 Å². The van der Waals surface area contributed by atoms with Gasteiger partial charge in [-0.2, -0.15) is 0 Å². The van der Waals surface area contributed by atoms with Crippen LogP contribution in [0.5, 0.6) is 5.75 Å². The van der Waals surface area contributed by atoms with Gasteiger partial charge in [-0.1, -0.05) is 43.3 Å². The van der Waals surface area contributed by atoms with Crippen LogP contribution in [0.3, 0.4) is 0 Å². The first-order chi connectivity index (χ1) is 23.7. The third-order valence-corrected chi connectivity index (χ3v) is 12.8. The number of aryl methyl sites for hydroxylation is 1. The minimum absolute atomic E-state index is 0.0376. The van der Waals surface area contributed by atoms with E-state index in [0.29, 0.717) is 30.4 Å². The van der Waals surface area contributed by atoms with E-state index >= 15 is 0 Å². The molecule has 49 heavy (non-hydrogen) atoms. The summed E-state index contributed by atoms with van der Waals surface area (Å²) in [6.45, 7) is 11.2. The van der Waals surface area contributed by atoms with Crippen LogP contribution in [0.4, 0.5) is 17.3 Å². The Labute approximate surface area is 293 Å². The number of aromatic nitrogens is 2. The normalized spacial score (nSPS) is 30.3.